The van der Waals surface area contributed by atoms with E-state index in [-0.39, 0.29) is 39.3 Å². The number of rotatable bonds is 35. The predicted molar refractivity (Wildman–Crippen MR) is 210 cm³/mol. The number of carbonyl (C=O) groups excluding carboxylic acids is 4. The SMILES string of the molecule is CCCCC(CC)COC(=O)CN(CCN(CC(=O)OCC(CC)CCCC)CC(=O)OCC(CC)CCCC)CC(=O)OCC(CC)CCCC. The first-order valence-electron chi connectivity index (χ1n) is 21.2. The molecular weight excluding hydrogens is 660 g/mol. The summed E-state index contributed by atoms with van der Waals surface area (Å²) in [6.07, 6.45) is 16.4. The molecule has 0 aliphatic rings. The molecule has 4 unspecified atom stereocenters. The second kappa shape index (κ2) is 33.4. The van der Waals surface area contributed by atoms with Gasteiger partial charge < -0.3 is 18.9 Å². The van der Waals surface area contributed by atoms with Crippen molar-refractivity contribution in [1.82, 2.24) is 9.80 Å². The third-order valence-electron chi connectivity index (χ3n) is 10.2. The van der Waals surface area contributed by atoms with Gasteiger partial charge in [-0.2, -0.15) is 0 Å². The monoisotopic (exact) mass is 741 g/mol. The Bertz CT molecular complexity index is 776. The van der Waals surface area contributed by atoms with Crippen molar-refractivity contribution in [3.05, 3.63) is 0 Å². The van der Waals surface area contributed by atoms with Crippen LogP contribution in [0.5, 0.6) is 0 Å². The summed E-state index contributed by atoms with van der Waals surface area (Å²) in [7, 11) is 0. The van der Waals surface area contributed by atoms with Crippen molar-refractivity contribution in [2.45, 2.75) is 158 Å². The van der Waals surface area contributed by atoms with Gasteiger partial charge >= 0.3 is 23.9 Å². The van der Waals surface area contributed by atoms with E-state index < -0.39 is 23.9 Å². The fourth-order valence-electron chi connectivity index (χ4n) is 6.06. The van der Waals surface area contributed by atoms with Crippen LogP contribution in [0, 0.1) is 23.7 Å². The minimum Gasteiger partial charge on any atom is -0.464 e. The third kappa shape index (κ3) is 26.5. The Hall–Kier alpha value is -2.20. The van der Waals surface area contributed by atoms with E-state index in [1.165, 1.54) is 0 Å². The van der Waals surface area contributed by atoms with E-state index in [2.05, 4.69) is 55.4 Å². The van der Waals surface area contributed by atoms with Gasteiger partial charge in [0.05, 0.1) is 52.6 Å². The van der Waals surface area contributed by atoms with Gasteiger partial charge in [-0.15, -0.1) is 0 Å². The van der Waals surface area contributed by atoms with Crippen molar-refractivity contribution in [2.24, 2.45) is 23.7 Å². The molecule has 10 heteroatoms. The van der Waals surface area contributed by atoms with E-state index in [1.807, 2.05) is 0 Å². The summed E-state index contributed by atoms with van der Waals surface area (Å²) >= 11 is 0. The number of unbranched alkanes of at least 4 members (excludes halogenated alkanes) is 4. The quantitative estimate of drug-likeness (QED) is 0.0463. The summed E-state index contributed by atoms with van der Waals surface area (Å²) in [5.41, 5.74) is 0. The van der Waals surface area contributed by atoms with Crippen LogP contribution in [0.15, 0.2) is 0 Å². The molecule has 306 valence electrons. The number of nitrogens with zero attached hydrogens (tertiary/aromatic N) is 2. The van der Waals surface area contributed by atoms with E-state index in [4.69, 9.17) is 18.9 Å². The molecule has 0 aromatic rings. The largest absolute Gasteiger partial charge is 0.464 e. The van der Waals surface area contributed by atoms with Crippen LogP contribution in [0.2, 0.25) is 0 Å². The predicted octanol–water partition coefficient (Wildman–Crippen LogP) is 8.63. The standard InChI is InChI=1S/C42H80N2O8/c1-9-17-21-35(13-5)31-49-39(45)27-43(28-40(46)50-32-36(14-6)22-18-10-2)25-26-44(29-41(47)51-33-37(15-7)23-19-11-3)30-42(48)52-34-38(16-8)24-20-12-4/h35-38H,9-34H2,1-8H3. The molecule has 0 amide bonds. The van der Waals surface area contributed by atoms with E-state index in [1.54, 1.807) is 9.80 Å². The van der Waals surface area contributed by atoms with Crippen molar-refractivity contribution in [2.75, 3.05) is 65.7 Å². The summed E-state index contributed by atoms with van der Waals surface area (Å²) in [5.74, 6) is -0.425. The minimum atomic E-state index is -0.405. The van der Waals surface area contributed by atoms with Gasteiger partial charge in [0.1, 0.15) is 0 Å². The van der Waals surface area contributed by atoms with Gasteiger partial charge in [-0.1, -0.05) is 132 Å². The van der Waals surface area contributed by atoms with Gasteiger partial charge in [-0.3, -0.25) is 29.0 Å². The second-order valence-electron chi connectivity index (χ2n) is 14.8. The third-order valence-corrected chi connectivity index (χ3v) is 10.2. The van der Waals surface area contributed by atoms with E-state index in [0.717, 1.165) is 103 Å². The lowest BCUT2D eigenvalue weighted by Crippen LogP contribution is -2.44. The van der Waals surface area contributed by atoms with Crippen LogP contribution in [0.3, 0.4) is 0 Å². The maximum absolute atomic E-state index is 13.1. The summed E-state index contributed by atoms with van der Waals surface area (Å²) < 4.78 is 22.8. The zero-order valence-corrected chi connectivity index (χ0v) is 34.9. The molecule has 0 saturated carbocycles. The summed E-state index contributed by atoms with van der Waals surface area (Å²) in [4.78, 5) is 55.7. The summed E-state index contributed by atoms with van der Waals surface area (Å²) in [5, 5.41) is 0. The Morgan fingerprint density at radius 3 is 0.769 bits per heavy atom. The number of hydrogen-bond donors (Lipinski definition) is 0. The topological polar surface area (TPSA) is 112 Å². The molecule has 0 aliphatic carbocycles. The molecule has 0 radical (unpaired) electrons. The van der Waals surface area contributed by atoms with Gasteiger partial charge in [-0.05, 0) is 49.4 Å². The molecule has 0 fully saturated rings. The van der Waals surface area contributed by atoms with Crippen LogP contribution < -0.4 is 0 Å². The first-order valence-corrected chi connectivity index (χ1v) is 21.2. The van der Waals surface area contributed by atoms with Gasteiger partial charge in [0, 0.05) is 13.1 Å². The number of ether oxygens (including phenoxy) is 4. The van der Waals surface area contributed by atoms with Crippen molar-refractivity contribution >= 4 is 23.9 Å². The molecular formula is C42H80N2O8. The molecule has 10 nitrogen and oxygen atoms in total. The molecule has 0 saturated heterocycles. The van der Waals surface area contributed by atoms with Gasteiger partial charge in [-0.25, -0.2) is 0 Å². The minimum absolute atomic E-state index is 0.0969. The first kappa shape index (κ1) is 49.8. The Morgan fingerprint density at radius 1 is 0.385 bits per heavy atom. The Morgan fingerprint density at radius 2 is 0.596 bits per heavy atom. The molecule has 0 spiro atoms. The fraction of sp³-hybridized carbons (Fsp3) is 0.905. The van der Waals surface area contributed by atoms with E-state index >= 15 is 0 Å². The molecule has 0 heterocycles. The number of carbonyl (C=O) groups is 4. The second-order valence-corrected chi connectivity index (χ2v) is 14.8. The van der Waals surface area contributed by atoms with Crippen LogP contribution in [-0.2, 0) is 38.1 Å². The van der Waals surface area contributed by atoms with Crippen LogP contribution in [0.25, 0.3) is 0 Å². The van der Waals surface area contributed by atoms with Crippen molar-refractivity contribution in [1.29, 1.82) is 0 Å². The van der Waals surface area contributed by atoms with Crippen molar-refractivity contribution < 1.29 is 38.1 Å². The maximum Gasteiger partial charge on any atom is 0.320 e. The maximum atomic E-state index is 13.1. The number of hydrogen-bond acceptors (Lipinski definition) is 10. The number of esters is 4. The average Bonchev–Trinajstić information content (AvgIpc) is 3.14. The molecule has 0 aromatic carbocycles. The molecule has 0 bridgehead atoms. The van der Waals surface area contributed by atoms with E-state index in [9.17, 15) is 19.2 Å². The van der Waals surface area contributed by atoms with Crippen molar-refractivity contribution in [3.8, 4) is 0 Å². The lowest BCUT2D eigenvalue weighted by Gasteiger charge is -2.26. The smallest absolute Gasteiger partial charge is 0.320 e. The Kier molecular flexibility index (Phi) is 32.0. The van der Waals surface area contributed by atoms with Crippen LogP contribution in [0.4, 0.5) is 0 Å². The highest BCUT2D eigenvalue weighted by Crippen LogP contribution is 2.16. The zero-order chi connectivity index (χ0) is 39.0. The fourth-order valence-corrected chi connectivity index (χ4v) is 6.06. The van der Waals surface area contributed by atoms with Crippen LogP contribution >= 0.6 is 0 Å². The Balaban J connectivity index is 5.80. The van der Waals surface area contributed by atoms with Gasteiger partial charge in [0.25, 0.3) is 0 Å². The van der Waals surface area contributed by atoms with E-state index in [0.29, 0.717) is 50.1 Å². The van der Waals surface area contributed by atoms with Crippen molar-refractivity contribution in [3.63, 3.8) is 0 Å². The lowest BCUT2D eigenvalue weighted by molar-refractivity contribution is -0.153. The highest BCUT2D eigenvalue weighted by atomic mass is 16.5. The highest BCUT2D eigenvalue weighted by Gasteiger charge is 2.23. The van der Waals surface area contributed by atoms with Crippen LogP contribution in [-0.4, -0.2) is 99.4 Å². The molecule has 4 atom stereocenters. The lowest BCUT2D eigenvalue weighted by atomic mass is 10.0. The highest BCUT2D eigenvalue weighted by molar-refractivity contribution is 5.76. The average molecular weight is 741 g/mol. The molecule has 0 aromatic heterocycles. The first-order chi connectivity index (χ1) is 25.1. The molecule has 0 N–H and O–H groups in total. The normalized spacial score (nSPS) is 13.8. The molecule has 0 aliphatic heterocycles. The summed E-state index contributed by atoms with van der Waals surface area (Å²) in [6.45, 7) is 18.5. The van der Waals surface area contributed by atoms with Gasteiger partial charge in [0.15, 0.2) is 0 Å². The Labute approximate surface area is 318 Å². The zero-order valence-electron chi connectivity index (χ0n) is 34.9. The summed E-state index contributed by atoms with van der Waals surface area (Å²) in [6, 6.07) is 0. The molecule has 0 rings (SSSR count). The molecule has 52 heavy (non-hydrogen) atoms. The van der Waals surface area contributed by atoms with Crippen LogP contribution in [0.1, 0.15) is 158 Å². The van der Waals surface area contributed by atoms with Gasteiger partial charge in [0.2, 0.25) is 0 Å².